The number of hydrogen-bond acceptors (Lipinski definition) is 2. The van der Waals surface area contributed by atoms with Crippen molar-refractivity contribution in [1.82, 2.24) is 5.32 Å². The molecule has 0 radical (unpaired) electrons. The van der Waals surface area contributed by atoms with Crippen LogP contribution in [-0.2, 0) is 11.2 Å². The molecule has 0 saturated carbocycles. The maximum absolute atomic E-state index is 11.0. The van der Waals surface area contributed by atoms with Crippen LogP contribution in [0.15, 0.2) is 24.3 Å². The van der Waals surface area contributed by atoms with Gasteiger partial charge in [0, 0.05) is 13.0 Å². The van der Waals surface area contributed by atoms with E-state index >= 15 is 0 Å². The Morgan fingerprint density at radius 3 is 2.50 bits per heavy atom. The minimum Gasteiger partial charge on any atom is -0.494 e. The van der Waals surface area contributed by atoms with Crippen molar-refractivity contribution in [2.24, 2.45) is 0 Å². The number of amides is 1. The molecule has 3 heteroatoms. The Bertz CT molecular complexity index is 319. The van der Waals surface area contributed by atoms with Crippen molar-refractivity contribution in [3.63, 3.8) is 0 Å². The summed E-state index contributed by atoms with van der Waals surface area (Å²) in [6.07, 6.45) is 1.40. The summed E-state index contributed by atoms with van der Waals surface area (Å²) in [4.78, 5) is 11.0. The summed E-state index contributed by atoms with van der Waals surface area (Å²) in [6.45, 7) is 5.20. The quantitative estimate of drug-likeness (QED) is 0.799. The maximum Gasteiger partial charge on any atom is 0.219 e. The lowest BCUT2D eigenvalue weighted by atomic mass is 10.1. The third kappa shape index (κ3) is 4.34. The fourth-order valence-corrected chi connectivity index (χ4v) is 1.39. The SMILES string of the molecule is CCOc1ccc(CCNC(=O)CC)cc1. The standard InChI is InChI=1S/C13H19NO2/c1-3-13(15)14-10-9-11-5-7-12(8-6-11)16-4-2/h5-8H,3-4,9-10H2,1-2H3,(H,14,15). The lowest BCUT2D eigenvalue weighted by Gasteiger charge is -2.06. The van der Waals surface area contributed by atoms with Crippen LogP contribution in [0.25, 0.3) is 0 Å². The fourth-order valence-electron chi connectivity index (χ4n) is 1.39. The monoisotopic (exact) mass is 221 g/mol. The van der Waals surface area contributed by atoms with Crippen LogP contribution in [0.1, 0.15) is 25.8 Å². The van der Waals surface area contributed by atoms with E-state index in [1.165, 1.54) is 5.56 Å². The molecule has 16 heavy (non-hydrogen) atoms. The van der Waals surface area contributed by atoms with Gasteiger partial charge in [0.15, 0.2) is 0 Å². The van der Waals surface area contributed by atoms with E-state index in [9.17, 15) is 4.79 Å². The van der Waals surface area contributed by atoms with Gasteiger partial charge in [-0.25, -0.2) is 0 Å². The number of carbonyl (C=O) groups is 1. The highest BCUT2D eigenvalue weighted by Crippen LogP contribution is 2.12. The van der Waals surface area contributed by atoms with Gasteiger partial charge in [0.05, 0.1) is 6.61 Å². The molecule has 0 bridgehead atoms. The molecule has 1 N–H and O–H groups in total. The Hall–Kier alpha value is -1.51. The zero-order valence-electron chi connectivity index (χ0n) is 9.95. The number of nitrogens with one attached hydrogen (secondary N) is 1. The van der Waals surface area contributed by atoms with E-state index in [1.54, 1.807) is 0 Å². The second-order valence-electron chi connectivity index (χ2n) is 3.53. The van der Waals surface area contributed by atoms with Crippen LogP contribution in [0, 0.1) is 0 Å². The molecule has 0 heterocycles. The van der Waals surface area contributed by atoms with Gasteiger partial charge in [0.1, 0.15) is 5.75 Å². The maximum atomic E-state index is 11.0. The van der Waals surface area contributed by atoms with Crippen molar-refractivity contribution < 1.29 is 9.53 Å². The molecule has 0 aromatic heterocycles. The molecular weight excluding hydrogens is 202 g/mol. The highest BCUT2D eigenvalue weighted by molar-refractivity contribution is 5.75. The van der Waals surface area contributed by atoms with Gasteiger partial charge in [-0.1, -0.05) is 19.1 Å². The number of carbonyl (C=O) groups excluding carboxylic acids is 1. The molecule has 1 aromatic carbocycles. The smallest absolute Gasteiger partial charge is 0.219 e. The number of benzene rings is 1. The van der Waals surface area contributed by atoms with E-state index in [1.807, 2.05) is 38.1 Å². The van der Waals surface area contributed by atoms with Crippen molar-refractivity contribution in [3.8, 4) is 5.75 Å². The van der Waals surface area contributed by atoms with Crippen LogP contribution in [0.5, 0.6) is 5.75 Å². The molecule has 0 unspecified atom stereocenters. The van der Waals surface area contributed by atoms with Crippen LogP contribution in [0.3, 0.4) is 0 Å². The molecule has 0 fully saturated rings. The number of rotatable bonds is 6. The van der Waals surface area contributed by atoms with Crippen molar-refractivity contribution in [2.75, 3.05) is 13.2 Å². The molecule has 0 saturated heterocycles. The average molecular weight is 221 g/mol. The van der Waals surface area contributed by atoms with Gasteiger partial charge >= 0.3 is 0 Å². The van der Waals surface area contributed by atoms with E-state index in [4.69, 9.17) is 4.74 Å². The van der Waals surface area contributed by atoms with Crippen molar-refractivity contribution in [3.05, 3.63) is 29.8 Å². The zero-order valence-corrected chi connectivity index (χ0v) is 9.95. The average Bonchev–Trinajstić information content (AvgIpc) is 2.31. The molecule has 0 spiro atoms. The van der Waals surface area contributed by atoms with Gasteiger partial charge in [-0.2, -0.15) is 0 Å². The van der Waals surface area contributed by atoms with Crippen LogP contribution in [0.2, 0.25) is 0 Å². The molecule has 3 nitrogen and oxygen atoms in total. The van der Waals surface area contributed by atoms with Crippen molar-refractivity contribution >= 4 is 5.91 Å². The fraction of sp³-hybridized carbons (Fsp3) is 0.462. The third-order valence-electron chi connectivity index (χ3n) is 2.29. The highest BCUT2D eigenvalue weighted by atomic mass is 16.5. The largest absolute Gasteiger partial charge is 0.494 e. The van der Waals surface area contributed by atoms with Gasteiger partial charge in [-0.05, 0) is 31.0 Å². The molecule has 0 aliphatic carbocycles. The first kappa shape index (κ1) is 12.6. The van der Waals surface area contributed by atoms with E-state index in [-0.39, 0.29) is 5.91 Å². The second-order valence-corrected chi connectivity index (χ2v) is 3.53. The Kier molecular flexibility index (Phi) is 5.40. The minimum absolute atomic E-state index is 0.103. The molecule has 88 valence electrons. The molecule has 0 atom stereocenters. The molecule has 0 aliphatic heterocycles. The Balaban J connectivity index is 2.34. The van der Waals surface area contributed by atoms with Crippen LogP contribution in [-0.4, -0.2) is 19.1 Å². The van der Waals surface area contributed by atoms with Gasteiger partial charge in [0.2, 0.25) is 5.91 Å². The van der Waals surface area contributed by atoms with Gasteiger partial charge in [0.25, 0.3) is 0 Å². The third-order valence-corrected chi connectivity index (χ3v) is 2.29. The predicted octanol–water partition coefficient (Wildman–Crippen LogP) is 2.15. The number of ether oxygens (including phenoxy) is 1. The Labute approximate surface area is 96.8 Å². The molecule has 1 amide bonds. The van der Waals surface area contributed by atoms with E-state index < -0.39 is 0 Å². The first-order chi connectivity index (χ1) is 7.76. The molecule has 1 aromatic rings. The molecular formula is C13H19NO2. The van der Waals surface area contributed by atoms with Crippen molar-refractivity contribution in [1.29, 1.82) is 0 Å². The topological polar surface area (TPSA) is 38.3 Å². The first-order valence-corrected chi connectivity index (χ1v) is 5.74. The van der Waals surface area contributed by atoms with Gasteiger partial charge in [-0.3, -0.25) is 4.79 Å². The summed E-state index contributed by atoms with van der Waals surface area (Å²) in [5.74, 6) is 0.995. The molecule has 1 rings (SSSR count). The lowest BCUT2D eigenvalue weighted by Crippen LogP contribution is -2.24. The van der Waals surface area contributed by atoms with Crippen LogP contribution < -0.4 is 10.1 Å². The summed E-state index contributed by atoms with van der Waals surface area (Å²) in [5.41, 5.74) is 1.21. The van der Waals surface area contributed by atoms with Gasteiger partial charge in [-0.15, -0.1) is 0 Å². The van der Waals surface area contributed by atoms with Gasteiger partial charge < -0.3 is 10.1 Å². The van der Waals surface area contributed by atoms with E-state index in [0.29, 0.717) is 19.6 Å². The van der Waals surface area contributed by atoms with E-state index in [2.05, 4.69) is 5.32 Å². The lowest BCUT2D eigenvalue weighted by molar-refractivity contribution is -0.120. The highest BCUT2D eigenvalue weighted by Gasteiger charge is 1.97. The zero-order chi connectivity index (χ0) is 11.8. The Morgan fingerprint density at radius 1 is 1.25 bits per heavy atom. The predicted molar refractivity (Wildman–Crippen MR) is 64.6 cm³/mol. The molecule has 0 aliphatic rings. The van der Waals surface area contributed by atoms with Crippen molar-refractivity contribution in [2.45, 2.75) is 26.7 Å². The van der Waals surface area contributed by atoms with Crippen LogP contribution in [0.4, 0.5) is 0 Å². The summed E-state index contributed by atoms with van der Waals surface area (Å²) < 4.78 is 5.35. The first-order valence-electron chi connectivity index (χ1n) is 5.74. The summed E-state index contributed by atoms with van der Waals surface area (Å²) in [5, 5.41) is 2.85. The summed E-state index contributed by atoms with van der Waals surface area (Å²) in [6, 6.07) is 7.98. The normalized spacial score (nSPS) is 9.88. The second kappa shape index (κ2) is 6.88. The van der Waals surface area contributed by atoms with E-state index in [0.717, 1.165) is 12.2 Å². The Morgan fingerprint density at radius 2 is 1.94 bits per heavy atom. The summed E-state index contributed by atoms with van der Waals surface area (Å²) in [7, 11) is 0. The number of hydrogen-bond donors (Lipinski definition) is 1. The van der Waals surface area contributed by atoms with Crippen LogP contribution >= 0.6 is 0 Å². The minimum atomic E-state index is 0.103. The summed E-state index contributed by atoms with van der Waals surface area (Å²) >= 11 is 0.